The minimum absolute atomic E-state index is 0.0719. The van der Waals surface area contributed by atoms with Crippen molar-refractivity contribution in [2.75, 3.05) is 37.1 Å². The molecule has 1 amide bonds. The molecule has 240 valence electrons. The number of benzene rings is 5. The van der Waals surface area contributed by atoms with Crippen molar-refractivity contribution in [3.8, 4) is 5.75 Å². The summed E-state index contributed by atoms with van der Waals surface area (Å²) in [6.07, 6.45) is 0. The average molecular weight is 646 g/mol. The van der Waals surface area contributed by atoms with Gasteiger partial charge >= 0.3 is 0 Å². The van der Waals surface area contributed by atoms with Crippen molar-refractivity contribution < 1.29 is 17.9 Å². The maximum atomic E-state index is 13.8. The van der Waals surface area contributed by atoms with Gasteiger partial charge in [-0.3, -0.25) is 14.0 Å². The Morgan fingerprint density at radius 3 is 1.79 bits per heavy atom. The molecule has 0 bridgehead atoms. The summed E-state index contributed by atoms with van der Waals surface area (Å²) in [5.41, 5.74) is 4.84. The van der Waals surface area contributed by atoms with Gasteiger partial charge in [0.15, 0.2) is 6.61 Å². The van der Waals surface area contributed by atoms with Gasteiger partial charge in [0, 0.05) is 26.2 Å². The molecule has 47 heavy (non-hydrogen) atoms. The van der Waals surface area contributed by atoms with Crippen LogP contribution in [0.2, 0.25) is 0 Å². The average Bonchev–Trinajstić information content (AvgIpc) is 3.12. The summed E-state index contributed by atoms with van der Waals surface area (Å²) in [6.45, 7) is 4.75. The predicted molar refractivity (Wildman–Crippen MR) is 186 cm³/mol. The Hall–Kier alpha value is -4.92. The molecule has 0 radical (unpaired) electrons. The maximum absolute atomic E-state index is 13.8. The first-order valence-electron chi connectivity index (χ1n) is 15.9. The van der Waals surface area contributed by atoms with Crippen molar-refractivity contribution in [1.82, 2.24) is 9.80 Å². The molecular formula is C39H39N3O4S. The number of sulfonamides is 1. The molecule has 0 unspecified atom stereocenters. The van der Waals surface area contributed by atoms with Gasteiger partial charge in [-0.05, 0) is 60.0 Å². The molecule has 0 N–H and O–H groups in total. The Morgan fingerprint density at radius 1 is 0.702 bits per heavy atom. The van der Waals surface area contributed by atoms with E-state index in [1.807, 2.05) is 54.3 Å². The van der Waals surface area contributed by atoms with Crippen molar-refractivity contribution in [2.24, 2.45) is 0 Å². The second-order valence-electron chi connectivity index (χ2n) is 11.7. The van der Waals surface area contributed by atoms with Crippen LogP contribution in [0.15, 0.2) is 144 Å². The summed E-state index contributed by atoms with van der Waals surface area (Å²) in [4.78, 5) is 17.7. The third-order valence-corrected chi connectivity index (χ3v) is 10.3. The number of ether oxygens (including phenoxy) is 1. The molecule has 0 atom stereocenters. The van der Waals surface area contributed by atoms with Crippen molar-refractivity contribution in [1.29, 1.82) is 0 Å². The third-order valence-electron chi connectivity index (χ3n) is 8.53. The summed E-state index contributed by atoms with van der Waals surface area (Å²) in [7, 11) is -3.84. The molecule has 5 aromatic carbocycles. The smallest absolute Gasteiger partial charge is 0.264 e. The van der Waals surface area contributed by atoms with Gasteiger partial charge in [-0.15, -0.1) is 0 Å². The van der Waals surface area contributed by atoms with E-state index in [0.717, 1.165) is 24.2 Å². The highest BCUT2D eigenvalue weighted by Crippen LogP contribution is 2.30. The quantitative estimate of drug-likeness (QED) is 0.160. The number of hydrogen-bond donors (Lipinski definition) is 0. The number of piperazine rings is 1. The van der Waals surface area contributed by atoms with E-state index in [9.17, 15) is 13.2 Å². The van der Waals surface area contributed by atoms with Crippen LogP contribution >= 0.6 is 0 Å². The molecule has 1 aliphatic heterocycles. The fraction of sp³-hybridized carbons (Fsp3) is 0.205. The van der Waals surface area contributed by atoms with Crippen LogP contribution < -0.4 is 9.04 Å². The van der Waals surface area contributed by atoms with Gasteiger partial charge in [0.1, 0.15) is 5.75 Å². The van der Waals surface area contributed by atoms with Gasteiger partial charge in [-0.1, -0.05) is 109 Å². The number of anilines is 1. The Bertz CT molecular complexity index is 1800. The number of rotatable bonds is 11. The van der Waals surface area contributed by atoms with Crippen LogP contribution in [0, 0.1) is 6.92 Å². The minimum atomic E-state index is -3.84. The third kappa shape index (κ3) is 7.73. The number of aryl methyl sites for hydroxylation is 1. The molecule has 0 saturated carbocycles. The van der Waals surface area contributed by atoms with E-state index in [4.69, 9.17) is 4.74 Å². The van der Waals surface area contributed by atoms with Crippen molar-refractivity contribution in [3.63, 3.8) is 0 Å². The van der Waals surface area contributed by atoms with Crippen LogP contribution in [-0.2, 0) is 21.4 Å². The number of carbonyl (C=O) groups excluding carboxylic acids is 1. The second-order valence-corrected chi connectivity index (χ2v) is 13.6. The highest BCUT2D eigenvalue weighted by molar-refractivity contribution is 7.92. The molecule has 7 nitrogen and oxygen atoms in total. The molecule has 0 spiro atoms. The lowest BCUT2D eigenvalue weighted by atomic mass is 9.96. The molecular weight excluding hydrogens is 607 g/mol. The summed E-state index contributed by atoms with van der Waals surface area (Å²) in [5, 5.41) is 0. The fourth-order valence-corrected chi connectivity index (χ4v) is 7.41. The molecule has 1 heterocycles. The number of nitrogens with zero attached hydrogens (tertiary/aromatic N) is 3. The fourth-order valence-electron chi connectivity index (χ4n) is 5.96. The van der Waals surface area contributed by atoms with Gasteiger partial charge in [0.2, 0.25) is 0 Å². The summed E-state index contributed by atoms with van der Waals surface area (Å²) in [6, 6.07) is 44.3. The number of amides is 1. The molecule has 0 aromatic heterocycles. The van der Waals surface area contributed by atoms with Crippen LogP contribution in [0.3, 0.4) is 0 Å². The molecule has 1 fully saturated rings. The maximum Gasteiger partial charge on any atom is 0.264 e. The first-order chi connectivity index (χ1) is 22.9. The van der Waals surface area contributed by atoms with E-state index in [1.165, 1.54) is 15.4 Å². The number of hydrogen-bond acceptors (Lipinski definition) is 5. The van der Waals surface area contributed by atoms with Gasteiger partial charge in [0.05, 0.1) is 23.2 Å². The Kier molecular flexibility index (Phi) is 10.00. The highest BCUT2D eigenvalue weighted by Gasteiger charge is 2.29. The molecule has 8 heteroatoms. The van der Waals surface area contributed by atoms with Crippen molar-refractivity contribution in [3.05, 3.63) is 162 Å². The molecule has 0 aliphatic carbocycles. The zero-order valence-corrected chi connectivity index (χ0v) is 27.3. The van der Waals surface area contributed by atoms with Crippen LogP contribution in [0.4, 0.5) is 5.69 Å². The van der Waals surface area contributed by atoms with Crippen molar-refractivity contribution in [2.45, 2.75) is 24.4 Å². The van der Waals surface area contributed by atoms with E-state index in [0.29, 0.717) is 24.5 Å². The summed E-state index contributed by atoms with van der Waals surface area (Å²) < 4.78 is 34.9. The minimum Gasteiger partial charge on any atom is -0.484 e. The lowest BCUT2D eigenvalue weighted by Gasteiger charge is -2.39. The Morgan fingerprint density at radius 2 is 1.23 bits per heavy atom. The van der Waals surface area contributed by atoms with Crippen LogP contribution in [0.1, 0.15) is 28.3 Å². The zero-order valence-electron chi connectivity index (χ0n) is 26.5. The van der Waals surface area contributed by atoms with E-state index >= 15 is 0 Å². The lowest BCUT2D eigenvalue weighted by molar-refractivity contribution is -0.135. The lowest BCUT2D eigenvalue weighted by Crippen LogP contribution is -2.51. The van der Waals surface area contributed by atoms with Gasteiger partial charge < -0.3 is 9.64 Å². The van der Waals surface area contributed by atoms with E-state index in [1.54, 1.807) is 48.5 Å². The number of carbonyl (C=O) groups is 1. The molecule has 1 saturated heterocycles. The van der Waals surface area contributed by atoms with Crippen LogP contribution in [0.25, 0.3) is 0 Å². The van der Waals surface area contributed by atoms with Crippen molar-refractivity contribution >= 4 is 21.6 Å². The van der Waals surface area contributed by atoms with Crippen LogP contribution in [-0.4, -0.2) is 56.9 Å². The van der Waals surface area contributed by atoms with Gasteiger partial charge in [0.25, 0.3) is 15.9 Å². The molecule has 1 aliphatic rings. The topological polar surface area (TPSA) is 70.2 Å². The molecule has 6 rings (SSSR count). The van der Waals surface area contributed by atoms with Gasteiger partial charge in [-0.25, -0.2) is 8.42 Å². The normalized spacial score (nSPS) is 13.8. The first-order valence-corrected chi connectivity index (χ1v) is 17.3. The summed E-state index contributed by atoms with van der Waals surface area (Å²) >= 11 is 0. The summed E-state index contributed by atoms with van der Waals surface area (Å²) in [5.74, 6) is 0.429. The highest BCUT2D eigenvalue weighted by atomic mass is 32.2. The predicted octanol–water partition coefficient (Wildman–Crippen LogP) is 6.70. The monoisotopic (exact) mass is 645 g/mol. The van der Waals surface area contributed by atoms with Gasteiger partial charge in [-0.2, -0.15) is 0 Å². The van der Waals surface area contributed by atoms with Crippen LogP contribution in [0.5, 0.6) is 5.75 Å². The zero-order chi connectivity index (χ0) is 32.6. The van der Waals surface area contributed by atoms with E-state index < -0.39 is 10.0 Å². The second kappa shape index (κ2) is 14.7. The first kappa shape index (κ1) is 32.0. The standard InChI is InChI=1S/C39H39N3O4S/c1-31-17-23-37(24-18-31)47(44,45)42(29-32-11-5-2-6-12-32)35-19-21-36(22-20-35)46-30-38(43)40-25-27-41(28-26-40)39(33-13-7-3-8-14-33)34-15-9-4-10-16-34/h2-24,39H,25-30H2,1H3. The SMILES string of the molecule is Cc1ccc(S(=O)(=O)N(Cc2ccccc2)c2ccc(OCC(=O)N3CCN(C(c4ccccc4)c4ccccc4)CC3)cc2)cc1. The molecule has 5 aromatic rings. The largest absolute Gasteiger partial charge is 0.484 e. The van der Waals surface area contributed by atoms with E-state index in [2.05, 4.69) is 53.4 Å². The Balaban J connectivity index is 1.09. The van der Waals surface area contributed by atoms with E-state index in [-0.39, 0.29) is 30.0 Å². The Labute approximate surface area is 277 Å².